The van der Waals surface area contributed by atoms with Crippen LogP contribution in [0.25, 0.3) is 0 Å². The van der Waals surface area contributed by atoms with E-state index in [0.29, 0.717) is 11.1 Å². The van der Waals surface area contributed by atoms with Crippen LogP contribution in [0.3, 0.4) is 0 Å². The van der Waals surface area contributed by atoms with Gasteiger partial charge >= 0.3 is 0 Å². The Labute approximate surface area is 116 Å². The molecule has 0 atom stereocenters. The lowest BCUT2D eigenvalue weighted by Gasteiger charge is -2.16. The van der Waals surface area contributed by atoms with Crippen LogP contribution in [-0.4, -0.2) is 22.8 Å². The predicted molar refractivity (Wildman–Crippen MR) is 71.1 cm³/mol. The molecule has 1 heterocycles. The van der Waals surface area contributed by atoms with Gasteiger partial charge in [0.25, 0.3) is 5.91 Å². The standard InChI is InChI=1S/C15H12FN3O/c1-19(10-11-3-2-4-13(16)7-11)15(20)14-6-5-12(8-17)9-18-14/h2-7,9H,10H2,1H3. The monoisotopic (exact) mass is 269 g/mol. The van der Waals surface area contributed by atoms with E-state index in [9.17, 15) is 9.18 Å². The molecular weight excluding hydrogens is 257 g/mol. The number of pyridine rings is 1. The normalized spacial score (nSPS) is 9.85. The molecule has 5 heteroatoms. The average Bonchev–Trinajstić information content (AvgIpc) is 2.46. The molecule has 0 spiro atoms. The average molecular weight is 269 g/mol. The second kappa shape index (κ2) is 5.93. The smallest absolute Gasteiger partial charge is 0.272 e. The number of carbonyl (C=O) groups excluding carboxylic acids is 1. The molecule has 0 bridgehead atoms. The topological polar surface area (TPSA) is 57.0 Å². The predicted octanol–water partition coefficient (Wildman–Crippen LogP) is 2.36. The van der Waals surface area contributed by atoms with Crippen LogP contribution in [-0.2, 0) is 6.54 Å². The van der Waals surface area contributed by atoms with Crippen molar-refractivity contribution < 1.29 is 9.18 Å². The summed E-state index contributed by atoms with van der Waals surface area (Å²) in [6.45, 7) is 0.290. The van der Waals surface area contributed by atoms with Gasteiger partial charge in [0, 0.05) is 19.8 Å². The second-order valence-corrected chi connectivity index (χ2v) is 4.34. The molecule has 20 heavy (non-hydrogen) atoms. The summed E-state index contributed by atoms with van der Waals surface area (Å²) in [4.78, 5) is 17.5. The maximum absolute atomic E-state index is 13.1. The van der Waals surface area contributed by atoms with Crippen LogP contribution in [0.1, 0.15) is 21.6 Å². The number of hydrogen-bond donors (Lipinski definition) is 0. The number of nitriles is 1. The maximum Gasteiger partial charge on any atom is 0.272 e. The van der Waals surface area contributed by atoms with E-state index < -0.39 is 0 Å². The van der Waals surface area contributed by atoms with Crippen molar-refractivity contribution in [3.63, 3.8) is 0 Å². The highest BCUT2D eigenvalue weighted by Gasteiger charge is 2.13. The third-order valence-electron chi connectivity index (χ3n) is 2.77. The van der Waals surface area contributed by atoms with E-state index in [0.717, 1.165) is 0 Å². The van der Waals surface area contributed by atoms with E-state index in [1.165, 1.54) is 35.4 Å². The molecule has 0 saturated carbocycles. The van der Waals surface area contributed by atoms with Crippen molar-refractivity contribution in [1.82, 2.24) is 9.88 Å². The van der Waals surface area contributed by atoms with E-state index in [1.54, 1.807) is 19.2 Å². The van der Waals surface area contributed by atoms with E-state index in [2.05, 4.69) is 4.98 Å². The number of nitrogens with zero attached hydrogens (tertiary/aromatic N) is 3. The molecule has 0 saturated heterocycles. The number of carbonyl (C=O) groups is 1. The highest BCUT2D eigenvalue weighted by Crippen LogP contribution is 2.09. The molecule has 2 aromatic rings. The van der Waals surface area contributed by atoms with Gasteiger partial charge < -0.3 is 4.90 Å². The first-order valence-electron chi connectivity index (χ1n) is 5.96. The minimum atomic E-state index is -0.333. The van der Waals surface area contributed by atoms with Gasteiger partial charge in [-0.1, -0.05) is 12.1 Å². The lowest BCUT2D eigenvalue weighted by Crippen LogP contribution is -2.27. The summed E-state index contributed by atoms with van der Waals surface area (Å²) in [5.74, 6) is -0.612. The number of amides is 1. The molecule has 1 aromatic carbocycles. The molecule has 0 aliphatic carbocycles. The summed E-state index contributed by atoms with van der Waals surface area (Å²) >= 11 is 0. The summed E-state index contributed by atoms with van der Waals surface area (Å²) in [6.07, 6.45) is 1.35. The fourth-order valence-corrected chi connectivity index (χ4v) is 1.76. The molecular formula is C15H12FN3O. The number of halogens is 1. The Morgan fingerprint density at radius 3 is 2.80 bits per heavy atom. The first-order valence-corrected chi connectivity index (χ1v) is 5.96. The molecule has 0 radical (unpaired) electrons. The van der Waals surface area contributed by atoms with Gasteiger partial charge in [-0.25, -0.2) is 9.37 Å². The van der Waals surface area contributed by atoms with Crippen LogP contribution in [0, 0.1) is 17.1 Å². The van der Waals surface area contributed by atoms with Gasteiger partial charge in [0.05, 0.1) is 5.56 Å². The Bertz CT molecular complexity index is 662. The fourth-order valence-electron chi connectivity index (χ4n) is 1.76. The lowest BCUT2D eigenvalue weighted by molar-refractivity contribution is 0.0779. The zero-order valence-corrected chi connectivity index (χ0v) is 10.9. The molecule has 0 fully saturated rings. The molecule has 0 unspecified atom stereocenters. The summed E-state index contributed by atoms with van der Waals surface area (Å²) in [5, 5.41) is 8.68. The van der Waals surface area contributed by atoms with Crippen LogP contribution in [0.15, 0.2) is 42.6 Å². The van der Waals surface area contributed by atoms with Gasteiger partial charge in [-0.3, -0.25) is 4.79 Å². The molecule has 1 amide bonds. The van der Waals surface area contributed by atoms with Crippen molar-refractivity contribution in [3.05, 3.63) is 65.2 Å². The fraction of sp³-hybridized carbons (Fsp3) is 0.133. The van der Waals surface area contributed by atoms with Crippen LogP contribution in [0.2, 0.25) is 0 Å². The lowest BCUT2D eigenvalue weighted by atomic mass is 10.2. The molecule has 4 nitrogen and oxygen atoms in total. The molecule has 0 aliphatic rings. The van der Waals surface area contributed by atoms with Gasteiger partial charge in [0.15, 0.2) is 0 Å². The van der Waals surface area contributed by atoms with Gasteiger partial charge in [-0.2, -0.15) is 5.26 Å². The SMILES string of the molecule is CN(Cc1cccc(F)c1)C(=O)c1ccc(C#N)cn1. The number of aromatic nitrogens is 1. The molecule has 1 aromatic heterocycles. The zero-order chi connectivity index (χ0) is 14.5. The zero-order valence-electron chi connectivity index (χ0n) is 10.9. The number of rotatable bonds is 3. The van der Waals surface area contributed by atoms with Gasteiger partial charge in [-0.05, 0) is 29.8 Å². The van der Waals surface area contributed by atoms with Crippen LogP contribution in [0.4, 0.5) is 4.39 Å². The molecule has 2 rings (SSSR count). The van der Waals surface area contributed by atoms with Gasteiger partial charge in [0.2, 0.25) is 0 Å². The first-order chi connectivity index (χ1) is 9.60. The van der Waals surface area contributed by atoms with Crippen LogP contribution < -0.4 is 0 Å². The molecule has 0 aliphatic heterocycles. The van der Waals surface area contributed by atoms with Crippen LogP contribution in [0.5, 0.6) is 0 Å². The highest BCUT2D eigenvalue weighted by atomic mass is 19.1. The summed E-state index contributed by atoms with van der Waals surface area (Å²) in [6, 6.07) is 11.1. The maximum atomic E-state index is 13.1. The van der Waals surface area contributed by atoms with Crippen molar-refractivity contribution in [1.29, 1.82) is 5.26 Å². The number of hydrogen-bond acceptors (Lipinski definition) is 3. The Morgan fingerprint density at radius 1 is 1.40 bits per heavy atom. The van der Waals surface area contributed by atoms with E-state index in [-0.39, 0.29) is 24.0 Å². The minimum absolute atomic E-state index is 0.253. The Morgan fingerprint density at radius 2 is 2.20 bits per heavy atom. The van der Waals surface area contributed by atoms with Gasteiger partial charge in [0.1, 0.15) is 17.6 Å². The van der Waals surface area contributed by atoms with Crippen molar-refractivity contribution in [2.75, 3.05) is 7.05 Å². The van der Waals surface area contributed by atoms with E-state index in [1.807, 2.05) is 6.07 Å². The van der Waals surface area contributed by atoms with Crippen molar-refractivity contribution >= 4 is 5.91 Å². The third-order valence-corrected chi connectivity index (χ3v) is 2.77. The van der Waals surface area contributed by atoms with Crippen LogP contribution >= 0.6 is 0 Å². The van der Waals surface area contributed by atoms with Crippen molar-refractivity contribution in [3.8, 4) is 6.07 Å². The Kier molecular flexibility index (Phi) is 4.06. The number of benzene rings is 1. The summed E-state index contributed by atoms with van der Waals surface area (Å²) in [5.41, 5.74) is 1.35. The summed E-state index contributed by atoms with van der Waals surface area (Å²) < 4.78 is 13.1. The highest BCUT2D eigenvalue weighted by molar-refractivity contribution is 5.92. The summed E-state index contributed by atoms with van der Waals surface area (Å²) in [7, 11) is 1.62. The van der Waals surface area contributed by atoms with Crippen molar-refractivity contribution in [2.45, 2.75) is 6.54 Å². The second-order valence-electron chi connectivity index (χ2n) is 4.34. The molecule has 100 valence electrons. The van der Waals surface area contributed by atoms with Crippen molar-refractivity contribution in [2.24, 2.45) is 0 Å². The third kappa shape index (κ3) is 3.18. The largest absolute Gasteiger partial charge is 0.336 e. The first kappa shape index (κ1) is 13.7. The Hall–Kier alpha value is -2.74. The van der Waals surface area contributed by atoms with Gasteiger partial charge in [-0.15, -0.1) is 0 Å². The van der Waals surface area contributed by atoms with E-state index >= 15 is 0 Å². The quantitative estimate of drug-likeness (QED) is 0.859. The molecule has 0 N–H and O–H groups in total. The van der Waals surface area contributed by atoms with E-state index in [4.69, 9.17) is 5.26 Å². The minimum Gasteiger partial charge on any atom is -0.336 e. The Balaban J connectivity index is 2.10.